The van der Waals surface area contributed by atoms with Crippen LogP contribution in [0.15, 0.2) is 30.4 Å². The molecule has 1 atom stereocenters. The third kappa shape index (κ3) is 1.93. The number of methoxy groups -OCH3 is 1. The Hall–Kier alpha value is -1.35. The first-order chi connectivity index (χ1) is 6.57. The van der Waals surface area contributed by atoms with Gasteiger partial charge in [-0.3, -0.25) is 0 Å². The molecule has 0 aromatic heterocycles. The first-order valence-corrected chi connectivity index (χ1v) is 4.23. The average Bonchev–Trinajstić information content (AvgIpc) is 2.16. The van der Waals surface area contributed by atoms with Gasteiger partial charge in [-0.1, -0.05) is 12.6 Å². The zero-order valence-corrected chi connectivity index (χ0v) is 8.25. The van der Waals surface area contributed by atoms with Crippen molar-refractivity contribution < 1.29 is 14.2 Å². The lowest BCUT2D eigenvalue weighted by Crippen LogP contribution is -2.04. The Morgan fingerprint density at radius 2 is 2.21 bits per heavy atom. The van der Waals surface area contributed by atoms with Gasteiger partial charge < -0.3 is 9.84 Å². The van der Waals surface area contributed by atoms with E-state index < -0.39 is 11.9 Å². The Bertz CT molecular complexity index is 347. The number of benzene rings is 1. The first-order valence-electron chi connectivity index (χ1n) is 4.23. The molecule has 0 radical (unpaired) electrons. The molecule has 0 aliphatic heterocycles. The molecule has 0 aliphatic rings. The van der Waals surface area contributed by atoms with Gasteiger partial charge in [0.2, 0.25) is 0 Å². The predicted molar refractivity (Wildman–Crippen MR) is 52.7 cm³/mol. The maximum absolute atomic E-state index is 13.4. The van der Waals surface area contributed by atoms with Crippen LogP contribution in [0.5, 0.6) is 5.75 Å². The van der Waals surface area contributed by atoms with Crippen LogP contribution in [0, 0.1) is 5.82 Å². The third-order valence-corrected chi connectivity index (χ3v) is 1.97. The van der Waals surface area contributed by atoms with E-state index in [4.69, 9.17) is 4.74 Å². The zero-order chi connectivity index (χ0) is 10.7. The monoisotopic (exact) mass is 196 g/mol. The van der Waals surface area contributed by atoms with Crippen molar-refractivity contribution >= 4 is 0 Å². The number of ether oxygens (including phenoxy) is 1. The van der Waals surface area contributed by atoms with Gasteiger partial charge in [-0.25, -0.2) is 4.39 Å². The van der Waals surface area contributed by atoms with Crippen molar-refractivity contribution in [2.75, 3.05) is 7.11 Å². The van der Waals surface area contributed by atoms with Crippen molar-refractivity contribution in [3.05, 3.63) is 41.7 Å². The van der Waals surface area contributed by atoms with Crippen LogP contribution in [-0.4, -0.2) is 12.2 Å². The fourth-order valence-electron chi connectivity index (χ4n) is 1.21. The summed E-state index contributed by atoms with van der Waals surface area (Å²) in [5.41, 5.74) is 0.621. The summed E-state index contributed by atoms with van der Waals surface area (Å²) in [6.45, 7) is 5.21. The molecule has 0 aliphatic carbocycles. The van der Waals surface area contributed by atoms with Crippen LogP contribution >= 0.6 is 0 Å². The molecule has 2 nitrogen and oxygen atoms in total. The number of aliphatic hydroxyl groups is 1. The van der Waals surface area contributed by atoms with Gasteiger partial charge in [-0.2, -0.15) is 0 Å². The summed E-state index contributed by atoms with van der Waals surface area (Å²) >= 11 is 0. The van der Waals surface area contributed by atoms with Crippen molar-refractivity contribution in [3.63, 3.8) is 0 Å². The molecule has 1 unspecified atom stereocenters. The van der Waals surface area contributed by atoms with Crippen molar-refractivity contribution in [3.8, 4) is 5.75 Å². The second-order valence-corrected chi connectivity index (χ2v) is 3.10. The second-order valence-electron chi connectivity index (χ2n) is 3.10. The summed E-state index contributed by atoms with van der Waals surface area (Å²) in [6, 6.07) is 4.41. The van der Waals surface area contributed by atoms with Crippen LogP contribution in [0.4, 0.5) is 4.39 Å². The summed E-state index contributed by atoms with van der Waals surface area (Å²) in [6.07, 6.45) is -1.02. The number of hydrogen-bond donors (Lipinski definition) is 1. The van der Waals surface area contributed by atoms with E-state index in [1.807, 2.05) is 0 Å². The number of aliphatic hydroxyl groups excluding tert-OH is 1. The lowest BCUT2D eigenvalue weighted by molar-refractivity contribution is 0.205. The van der Waals surface area contributed by atoms with Crippen LogP contribution in [0.2, 0.25) is 0 Å². The Kier molecular flexibility index (Phi) is 3.25. The van der Waals surface area contributed by atoms with Crippen LogP contribution in [-0.2, 0) is 0 Å². The van der Waals surface area contributed by atoms with E-state index in [9.17, 15) is 9.50 Å². The van der Waals surface area contributed by atoms with Crippen molar-refractivity contribution in [1.82, 2.24) is 0 Å². The quantitative estimate of drug-likeness (QED) is 0.752. The van der Waals surface area contributed by atoms with Gasteiger partial charge >= 0.3 is 0 Å². The Balaban J connectivity index is 3.23. The van der Waals surface area contributed by atoms with E-state index in [1.54, 1.807) is 13.0 Å². The van der Waals surface area contributed by atoms with Gasteiger partial charge in [0.15, 0.2) is 0 Å². The van der Waals surface area contributed by atoms with Crippen LogP contribution in [0.3, 0.4) is 0 Å². The molecule has 0 heterocycles. The van der Waals surface area contributed by atoms with Crippen LogP contribution < -0.4 is 4.74 Å². The summed E-state index contributed by atoms with van der Waals surface area (Å²) in [5, 5.41) is 9.67. The minimum atomic E-state index is -1.02. The molecule has 0 fully saturated rings. The molecule has 0 saturated heterocycles. The van der Waals surface area contributed by atoms with E-state index in [0.29, 0.717) is 11.3 Å². The van der Waals surface area contributed by atoms with E-state index in [2.05, 4.69) is 6.58 Å². The highest BCUT2D eigenvalue weighted by Crippen LogP contribution is 2.31. The Morgan fingerprint density at radius 1 is 1.57 bits per heavy atom. The summed E-state index contributed by atoms with van der Waals surface area (Å²) in [5.74, 6) is -0.152. The zero-order valence-electron chi connectivity index (χ0n) is 8.25. The van der Waals surface area contributed by atoms with Crippen LogP contribution in [0.25, 0.3) is 0 Å². The van der Waals surface area contributed by atoms with E-state index in [0.717, 1.165) is 0 Å². The van der Waals surface area contributed by atoms with Gasteiger partial charge in [0, 0.05) is 0 Å². The van der Waals surface area contributed by atoms with Crippen LogP contribution in [0.1, 0.15) is 18.6 Å². The summed E-state index contributed by atoms with van der Waals surface area (Å²) in [7, 11) is 1.43. The molecule has 1 rings (SSSR count). The molecule has 0 spiro atoms. The average molecular weight is 196 g/mol. The molecule has 0 saturated carbocycles. The van der Waals surface area contributed by atoms with E-state index >= 15 is 0 Å². The highest BCUT2D eigenvalue weighted by Gasteiger charge is 2.18. The fourth-order valence-corrected chi connectivity index (χ4v) is 1.21. The molecule has 0 bridgehead atoms. The second kappa shape index (κ2) is 4.24. The van der Waals surface area contributed by atoms with Gasteiger partial charge in [0.1, 0.15) is 17.7 Å². The van der Waals surface area contributed by atoms with E-state index in [-0.39, 0.29) is 5.56 Å². The number of rotatable bonds is 3. The third-order valence-electron chi connectivity index (χ3n) is 1.97. The van der Waals surface area contributed by atoms with Crippen molar-refractivity contribution in [1.29, 1.82) is 0 Å². The molecule has 76 valence electrons. The highest BCUT2D eigenvalue weighted by molar-refractivity contribution is 5.39. The van der Waals surface area contributed by atoms with Crippen molar-refractivity contribution in [2.45, 2.75) is 13.0 Å². The fraction of sp³-hybridized carbons (Fsp3) is 0.273. The smallest absolute Gasteiger partial charge is 0.133 e. The standard InChI is InChI=1S/C11H13FO2/c1-7(2)11(13)10-8(12)5-4-6-9(10)14-3/h4-6,11,13H,1H2,2-3H3. The van der Waals surface area contributed by atoms with Crippen molar-refractivity contribution in [2.24, 2.45) is 0 Å². The van der Waals surface area contributed by atoms with Gasteiger partial charge in [0.05, 0.1) is 12.7 Å². The highest BCUT2D eigenvalue weighted by atomic mass is 19.1. The first kappa shape index (κ1) is 10.7. The molecule has 1 aromatic carbocycles. The summed E-state index contributed by atoms with van der Waals surface area (Å²) < 4.78 is 18.3. The topological polar surface area (TPSA) is 29.5 Å². The molecular formula is C11H13FO2. The minimum absolute atomic E-state index is 0.141. The molecule has 14 heavy (non-hydrogen) atoms. The largest absolute Gasteiger partial charge is 0.496 e. The summed E-state index contributed by atoms with van der Waals surface area (Å²) in [4.78, 5) is 0. The molecule has 1 N–H and O–H groups in total. The maximum atomic E-state index is 13.4. The minimum Gasteiger partial charge on any atom is -0.496 e. The lowest BCUT2D eigenvalue weighted by Gasteiger charge is -2.15. The predicted octanol–water partition coefficient (Wildman–Crippen LogP) is 2.44. The lowest BCUT2D eigenvalue weighted by atomic mass is 10.0. The molecule has 1 aromatic rings. The van der Waals surface area contributed by atoms with Gasteiger partial charge in [0.25, 0.3) is 0 Å². The Labute approximate surface area is 82.6 Å². The molecule has 0 amide bonds. The SMILES string of the molecule is C=C(C)C(O)c1c(F)cccc1OC. The van der Waals surface area contributed by atoms with Gasteiger partial charge in [-0.15, -0.1) is 0 Å². The van der Waals surface area contributed by atoms with Gasteiger partial charge in [-0.05, 0) is 24.6 Å². The maximum Gasteiger partial charge on any atom is 0.133 e. The molecular weight excluding hydrogens is 183 g/mol. The molecule has 3 heteroatoms. The Morgan fingerprint density at radius 3 is 2.71 bits per heavy atom. The normalized spacial score (nSPS) is 12.3. The number of hydrogen-bond acceptors (Lipinski definition) is 2. The number of halogens is 1. The van der Waals surface area contributed by atoms with E-state index in [1.165, 1.54) is 19.2 Å².